The Kier molecular flexibility index (Phi) is 6.18. The summed E-state index contributed by atoms with van der Waals surface area (Å²) < 4.78 is 0. The molecule has 0 saturated carbocycles. The van der Waals surface area contributed by atoms with Crippen LogP contribution in [0.4, 0.5) is 0 Å². The van der Waals surface area contributed by atoms with E-state index in [4.69, 9.17) is 15.3 Å². The Morgan fingerprint density at radius 2 is 1.92 bits per heavy atom. The van der Waals surface area contributed by atoms with Gasteiger partial charge in [-0.15, -0.1) is 0 Å². The Hall–Kier alpha value is -0.230. The molecule has 0 aliphatic rings. The van der Waals surface area contributed by atoms with Gasteiger partial charge in [0.2, 0.25) is 0 Å². The number of rotatable bonds is 5. The van der Waals surface area contributed by atoms with Crippen LogP contribution in [0.15, 0.2) is 11.1 Å². The molecule has 0 rings (SSSR count). The minimum absolute atomic E-state index is 0.186. The zero-order chi connectivity index (χ0) is 9.56. The van der Waals surface area contributed by atoms with Crippen LogP contribution in [0.25, 0.3) is 0 Å². The van der Waals surface area contributed by atoms with Crippen LogP contribution in [0.2, 0.25) is 0 Å². The average molecular weight is 239 g/mol. The molecule has 0 saturated heterocycles. The number of hydrogen-bond donors (Lipinski definition) is 3. The van der Waals surface area contributed by atoms with E-state index in [-0.39, 0.29) is 6.42 Å². The zero-order valence-electron chi connectivity index (χ0n) is 6.30. The fraction of sp³-hybridized carbons (Fsp3) is 0.571. The van der Waals surface area contributed by atoms with E-state index in [2.05, 4.69) is 15.9 Å². The molecule has 70 valence electrons. The van der Waals surface area contributed by atoms with Crippen LogP contribution in [0.3, 0.4) is 0 Å². The summed E-state index contributed by atoms with van der Waals surface area (Å²) in [5.74, 6) is 0. The van der Waals surface area contributed by atoms with E-state index in [1.807, 2.05) is 0 Å². The summed E-state index contributed by atoms with van der Waals surface area (Å²) in [6.07, 6.45) is -2.16. The molecule has 5 heteroatoms. The summed E-state index contributed by atoms with van der Waals surface area (Å²) in [4.78, 5) is 11.3. The lowest BCUT2D eigenvalue weighted by Gasteiger charge is -2.18. The highest BCUT2D eigenvalue weighted by atomic mass is 79.9. The van der Waals surface area contributed by atoms with Crippen molar-refractivity contribution in [2.24, 2.45) is 0 Å². The molecular formula is C7H11BrO4. The van der Waals surface area contributed by atoms with Crippen molar-refractivity contribution in [2.75, 3.05) is 0 Å². The van der Waals surface area contributed by atoms with Crippen molar-refractivity contribution in [1.29, 1.82) is 0 Å². The van der Waals surface area contributed by atoms with Crippen molar-refractivity contribution >= 4 is 22.2 Å². The maximum Gasteiger partial charge on any atom is 0.122 e. The Morgan fingerprint density at radius 3 is 2.33 bits per heavy atom. The SMILES string of the molecule is O=CCC(O)C(O)C(O)C=CBr. The van der Waals surface area contributed by atoms with E-state index in [1.54, 1.807) is 0 Å². The first-order chi connectivity index (χ1) is 5.63. The fourth-order valence-electron chi connectivity index (χ4n) is 0.654. The molecule has 12 heavy (non-hydrogen) atoms. The molecule has 0 amide bonds. The molecule has 3 atom stereocenters. The molecular weight excluding hydrogens is 228 g/mol. The third kappa shape index (κ3) is 3.96. The Bertz CT molecular complexity index is 159. The minimum Gasteiger partial charge on any atom is -0.390 e. The standard InChI is InChI=1S/C7H11BrO4/c8-3-1-5(10)7(12)6(11)2-4-9/h1,3-7,10-12H,2H2. The summed E-state index contributed by atoms with van der Waals surface area (Å²) in [6, 6.07) is 0. The van der Waals surface area contributed by atoms with Gasteiger partial charge >= 0.3 is 0 Å². The molecule has 0 aromatic rings. The number of aldehydes is 1. The quantitative estimate of drug-likeness (QED) is 0.569. The van der Waals surface area contributed by atoms with E-state index >= 15 is 0 Å². The number of aliphatic hydroxyl groups excluding tert-OH is 3. The van der Waals surface area contributed by atoms with Gasteiger partial charge in [0, 0.05) is 6.42 Å². The van der Waals surface area contributed by atoms with Crippen LogP contribution >= 0.6 is 15.9 Å². The first kappa shape index (κ1) is 11.8. The summed E-state index contributed by atoms with van der Waals surface area (Å²) in [5, 5.41) is 27.2. The number of halogens is 1. The lowest BCUT2D eigenvalue weighted by Crippen LogP contribution is -2.36. The summed E-state index contributed by atoms with van der Waals surface area (Å²) in [7, 11) is 0. The highest BCUT2D eigenvalue weighted by Gasteiger charge is 2.21. The van der Waals surface area contributed by atoms with E-state index < -0.39 is 18.3 Å². The lowest BCUT2D eigenvalue weighted by atomic mass is 10.1. The molecule has 3 N–H and O–H groups in total. The van der Waals surface area contributed by atoms with Gasteiger partial charge in [-0.1, -0.05) is 15.9 Å². The smallest absolute Gasteiger partial charge is 0.122 e. The van der Waals surface area contributed by atoms with Crippen molar-refractivity contribution in [2.45, 2.75) is 24.7 Å². The molecule has 4 nitrogen and oxygen atoms in total. The molecule has 0 spiro atoms. The van der Waals surface area contributed by atoms with Gasteiger partial charge in [0.05, 0.1) is 6.10 Å². The van der Waals surface area contributed by atoms with Gasteiger partial charge in [0.1, 0.15) is 18.5 Å². The average Bonchev–Trinajstić information content (AvgIpc) is 2.04. The van der Waals surface area contributed by atoms with Crippen molar-refractivity contribution in [1.82, 2.24) is 0 Å². The molecule has 3 unspecified atom stereocenters. The number of carbonyl (C=O) groups is 1. The normalized spacial score (nSPS) is 19.0. The first-order valence-corrected chi connectivity index (χ1v) is 4.29. The highest BCUT2D eigenvalue weighted by molar-refractivity contribution is 9.11. The van der Waals surface area contributed by atoms with E-state index in [0.717, 1.165) is 0 Å². The van der Waals surface area contributed by atoms with Gasteiger partial charge in [0.25, 0.3) is 0 Å². The Labute approximate surface area is 78.7 Å². The predicted octanol–water partition coefficient (Wildman–Crippen LogP) is -0.433. The number of carbonyl (C=O) groups excluding carboxylic acids is 1. The molecule has 0 fully saturated rings. The van der Waals surface area contributed by atoms with E-state index in [0.29, 0.717) is 6.29 Å². The molecule has 0 aliphatic heterocycles. The summed E-state index contributed by atoms with van der Waals surface area (Å²) >= 11 is 2.90. The number of hydrogen-bond acceptors (Lipinski definition) is 4. The second kappa shape index (κ2) is 6.30. The van der Waals surface area contributed by atoms with Crippen LogP contribution in [0.5, 0.6) is 0 Å². The van der Waals surface area contributed by atoms with E-state index in [9.17, 15) is 4.79 Å². The lowest BCUT2D eigenvalue weighted by molar-refractivity contribution is -0.112. The first-order valence-electron chi connectivity index (χ1n) is 3.38. The van der Waals surface area contributed by atoms with Gasteiger partial charge in [-0.3, -0.25) is 0 Å². The fourth-order valence-corrected chi connectivity index (χ4v) is 0.967. The molecule has 0 aliphatic carbocycles. The van der Waals surface area contributed by atoms with Gasteiger partial charge in [-0.05, 0) is 11.1 Å². The topological polar surface area (TPSA) is 77.8 Å². The van der Waals surface area contributed by atoms with Gasteiger partial charge in [0.15, 0.2) is 0 Å². The van der Waals surface area contributed by atoms with Crippen molar-refractivity contribution in [3.8, 4) is 0 Å². The van der Waals surface area contributed by atoms with Crippen LogP contribution in [0.1, 0.15) is 6.42 Å². The van der Waals surface area contributed by atoms with Crippen molar-refractivity contribution in [3.05, 3.63) is 11.1 Å². The van der Waals surface area contributed by atoms with Crippen LogP contribution in [-0.2, 0) is 4.79 Å². The van der Waals surface area contributed by atoms with Gasteiger partial charge < -0.3 is 20.1 Å². The Morgan fingerprint density at radius 1 is 1.33 bits per heavy atom. The van der Waals surface area contributed by atoms with Crippen molar-refractivity contribution in [3.63, 3.8) is 0 Å². The van der Waals surface area contributed by atoms with Crippen LogP contribution in [-0.4, -0.2) is 39.9 Å². The maximum atomic E-state index is 9.92. The van der Waals surface area contributed by atoms with Crippen molar-refractivity contribution < 1.29 is 20.1 Å². The summed E-state index contributed by atoms with van der Waals surface area (Å²) in [5.41, 5.74) is 0. The minimum atomic E-state index is -1.33. The summed E-state index contributed by atoms with van der Waals surface area (Å²) in [6.45, 7) is 0. The third-order valence-electron chi connectivity index (χ3n) is 1.35. The van der Waals surface area contributed by atoms with Gasteiger partial charge in [-0.2, -0.15) is 0 Å². The maximum absolute atomic E-state index is 9.92. The van der Waals surface area contributed by atoms with Crippen LogP contribution in [0, 0.1) is 0 Å². The second-order valence-corrected chi connectivity index (χ2v) is 2.80. The van der Waals surface area contributed by atoms with E-state index in [1.165, 1.54) is 11.1 Å². The predicted molar refractivity (Wildman–Crippen MR) is 46.8 cm³/mol. The molecule has 0 aromatic carbocycles. The monoisotopic (exact) mass is 238 g/mol. The molecule has 0 bridgehead atoms. The second-order valence-electron chi connectivity index (χ2n) is 2.27. The molecule has 0 heterocycles. The number of aliphatic hydroxyl groups is 3. The zero-order valence-corrected chi connectivity index (χ0v) is 7.89. The third-order valence-corrected chi connectivity index (χ3v) is 1.66. The van der Waals surface area contributed by atoms with Crippen LogP contribution < -0.4 is 0 Å². The molecule has 0 radical (unpaired) electrons. The molecule has 0 aromatic heterocycles. The largest absolute Gasteiger partial charge is 0.390 e. The Balaban J connectivity index is 3.98. The highest BCUT2D eigenvalue weighted by Crippen LogP contribution is 2.04. The van der Waals surface area contributed by atoms with Gasteiger partial charge in [-0.25, -0.2) is 0 Å².